The summed E-state index contributed by atoms with van der Waals surface area (Å²) in [4.78, 5) is 18.9. The molecular formula is C14H19N3O. The lowest BCUT2D eigenvalue weighted by atomic mass is 10.1. The molecule has 1 fully saturated rings. The number of aryl methyl sites for hydroxylation is 1. The van der Waals surface area contributed by atoms with Crippen molar-refractivity contribution >= 4 is 17.4 Å². The molecule has 0 aromatic carbocycles. The van der Waals surface area contributed by atoms with Gasteiger partial charge in [0.1, 0.15) is 6.04 Å². The Hall–Kier alpha value is -1.58. The second-order valence-corrected chi connectivity index (χ2v) is 5.33. The van der Waals surface area contributed by atoms with Crippen molar-refractivity contribution < 1.29 is 4.79 Å². The number of carbonyl (C=O) groups excluding carboxylic acids is 1. The van der Waals surface area contributed by atoms with E-state index in [0.29, 0.717) is 6.04 Å². The van der Waals surface area contributed by atoms with Gasteiger partial charge in [0.2, 0.25) is 5.91 Å². The van der Waals surface area contributed by atoms with Crippen LogP contribution in [0.1, 0.15) is 38.3 Å². The third-order valence-corrected chi connectivity index (χ3v) is 4.03. The molecule has 0 saturated heterocycles. The fourth-order valence-electron chi connectivity index (χ4n) is 3.06. The summed E-state index contributed by atoms with van der Waals surface area (Å²) in [6, 6.07) is 4.26. The molecule has 0 spiro atoms. The summed E-state index contributed by atoms with van der Waals surface area (Å²) in [6.45, 7) is 3.97. The molecule has 1 atom stereocenters. The Morgan fingerprint density at radius 3 is 2.78 bits per heavy atom. The average molecular weight is 245 g/mol. The molecule has 1 unspecified atom stereocenters. The first-order valence-electron chi connectivity index (χ1n) is 6.73. The van der Waals surface area contributed by atoms with Gasteiger partial charge in [-0.1, -0.05) is 12.8 Å². The Balaban J connectivity index is 2.05. The van der Waals surface area contributed by atoms with Crippen LogP contribution < -0.4 is 10.2 Å². The maximum atomic E-state index is 12.0. The number of nitrogens with one attached hydrogen (secondary N) is 1. The number of nitrogens with zero attached hydrogens (tertiary/aromatic N) is 2. The zero-order chi connectivity index (χ0) is 12.7. The topological polar surface area (TPSA) is 45.2 Å². The van der Waals surface area contributed by atoms with E-state index in [1.807, 2.05) is 26.0 Å². The van der Waals surface area contributed by atoms with Gasteiger partial charge in [-0.15, -0.1) is 0 Å². The fourth-order valence-corrected chi connectivity index (χ4v) is 3.06. The highest BCUT2D eigenvalue weighted by atomic mass is 16.2. The first-order chi connectivity index (χ1) is 8.66. The van der Waals surface area contributed by atoms with Gasteiger partial charge >= 0.3 is 0 Å². The number of carbonyl (C=O) groups is 1. The van der Waals surface area contributed by atoms with Gasteiger partial charge in [-0.25, -0.2) is 4.98 Å². The summed E-state index contributed by atoms with van der Waals surface area (Å²) in [7, 11) is 0. The number of pyridine rings is 1. The lowest BCUT2D eigenvalue weighted by Crippen LogP contribution is -2.51. The maximum Gasteiger partial charge on any atom is 0.246 e. The highest BCUT2D eigenvalue weighted by Gasteiger charge is 2.36. The van der Waals surface area contributed by atoms with E-state index in [1.165, 1.54) is 25.7 Å². The maximum absolute atomic E-state index is 12.0. The van der Waals surface area contributed by atoms with E-state index in [2.05, 4.69) is 15.2 Å². The molecule has 3 rings (SSSR count). The van der Waals surface area contributed by atoms with Crippen molar-refractivity contribution in [2.75, 3.05) is 10.2 Å². The lowest BCUT2D eigenvalue weighted by molar-refractivity contribution is -0.117. The Morgan fingerprint density at radius 1 is 1.33 bits per heavy atom. The van der Waals surface area contributed by atoms with Gasteiger partial charge in [-0.05, 0) is 38.8 Å². The highest BCUT2D eigenvalue weighted by molar-refractivity contribution is 6.02. The summed E-state index contributed by atoms with van der Waals surface area (Å²) in [5.41, 5.74) is 1.86. The summed E-state index contributed by atoms with van der Waals surface area (Å²) in [5, 5.41) is 2.95. The normalized spacial score (nSPS) is 24.0. The van der Waals surface area contributed by atoms with Gasteiger partial charge < -0.3 is 10.2 Å². The zero-order valence-electron chi connectivity index (χ0n) is 10.9. The van der Waals surface area contributed by atoms with Crippen molar-refractivity contribution in [3.63, 3.8) is 0 Å². The van der Waals surface area contributed by atoms with E-state index < -0.39 is 0 Å². The van der Waals surface area contributed by atoms with Crippen LogP contribution in [0.4, 0.5) is 11.5 Å². The number of fused-ring (bicyclic) bond motifs is 1. The molecule has 2 heterocycles. The largest absolute Gasteiger partial charge is 0.340 e. The number of aromatic nitrogens is 1. The molecule has 4 nitrogen and oxygen atoms in total. The molecule has 1 aliphatic heterocycles. The number of amides is 1. The van der Waals surface area contributed by atoms with Gasteiger partial charge in [-0.2, -0.15) is 0 Å². The van der Waals surface area contributed by atoms with E-state index in [4.69, 9.17) is 0 Å². The minimum Gasteiger partial charge on any atom is -0.340 e. The Labute approximate surface area is 107 Å². The van der Waals surface area contributed by atoms with Crippen LogP contribution in [0, 0.1) is 6.92 Å². The highest BCUT2D eigenvalue weighted by Crippen LogP contribution is 2.36. The predicted molar refractivity (Wildman–Crippen MR) is 71.8 cm³/mol. The molecule has 18 heavy (non-hydrogen) atoms. The standard InChI is InChI=1S/C14H19N3O/c1-9-7-8-12-13(15-9)17(10(2)14(18)16-12)11-5-3-4-6-11/h7-8,10-11H,3-6H2,1-2H3,(H,16,18). The van der Waals surface area contributed by atoms with E-state index in [1.54, 1.807) is 0 Å². The van der Waals surface area contributed by atoms with Gasteiger partial charge in [0.05, 0.1) is 5.69 Å². The second kappa shape index (κ2) is 4.26. The van der Waals surface area contributed by atoms with Crippen LogP contribution in [0.5, 0.6) is 0 Å². The summed E-state index contributed by atoms with van der Waals surface area (Å²) in [6.07, 6.45) is 4.87. The Kier molecular flexibility index (Phi) is 2.73. The van der Waals surface area contributed by atoms with Gasteiger partial charge in [0.25, 0.3) is 0 Å². The molecular weight excluding hydrogens is 226 g/mol. The van der Waals surface area contributed by atoms with Gasteiger partial charge in [0, 0.05) is 11.7 Å². The van der Waals surface area contributed by atoms with Crippen LogP contribution in [0.25, 0.3) is 0 Å². The first-order valence-corrected chi connectivity index (χ1v) is 6.73. The molecule has 0 bridgehead atoms. The molecule has 1 aliphatic carbocycles. The summed E-state index contributed by atoms with van der Waals surface area (Å²) >= 11 is 0. The second-order valence-electron chi connectivity index (χ2n) is 5.33. The molecule has 1 aromatic rings. The summed E-state index contributed by atoms with van der Waals surface area (Å²) in [5.74, 6) is 1.04. The van der Waals surface area contributed by atoms with Crippen LogP contribution in [-0.4, -0.2) is 23.0 Å². The molecule has 1 amide bonds. The molecule has 1 aromatic heterocycles. The monoisotopic (exact) mass is 245 g/mol. The van der Waals surface area contributed by atoms with E-state index in [0.717, 1.165) is 17.2 Å². The Morgan fingerprint density at radius 2 is 2.06 bits per heavy atom. The Bertz CT molecular complexity index is 480. The van der Waals surface area contributed by atoms with Gasteiger partial charge in [-0.3, -0.25) is 4.79 Å². The average Bonchev–Trinajstić information content (AvgIpc) is 2.85. The van der Waals surface area contributed by atoms with Gasteiger partial charge in [0.15, 0.2) is 5.82 Å². The first kappa shape index (κ1) is 11.5. The number of anilines is 2. The third kappa shape index (κ3) is 1.76. The number of hydrogen-bond donors (Lipinski definition) is 1. The quantitative estimate of drug-likeness (QED) is 0.826. The van der Waals surface area contributed by atoms with Crippen molar-refractivity contribution in [3.05, 3.63) is 17.8 Å². The molecule has 1 N–H and O–H groups in total. The van der Waals surface area contributed by atoms with Crippen LogP contribution in [-0.2, 0) is 4.79 Å². The number of hydrogen-bond acceptors (Lipinski definition) is 3. The van der Waals surface area contributed by atoms with Crippen molar-refractivity contribution in [1.29, 1.82) is 0 Å². The molecule has 4 heteroatoms. The lowest BCUT2D eigenvalue weighted by Gasteiger charge is -2.39. The van der Waals surface area contributed by atoms with Crippen molar-refractivity contribution in [1.82, 2.24) is 4.98 Å². The summed E-state index contributed by atoms with van der Waals surface area (Å²) < 4.78 is 0. The third-order valence-electron chi connectivity index (χ3n) is 4.03. The van der Waals surface area contributed by atoms with E-state index in [9.17, 15) is 4.79 Å². The molecule has 1 saturated carbocycles. The minimum atomic E-state index is -0.116. The van der Waals surface area contributed by atoms with E-state index >= 15 is 0 Å². The molecule has 0 radical (unpaired) electrons. The van der Waals surface area contributed by atoms with Crippen molar-refractivity contribution in [2.45, 2.75) is 51.6 Å². The predicted octanol–water partition coefficient (Wildman–Crippen LogP) is 2.48. The minimum absolute atomic E-state index is 0.0834. The van der Waals surface area contributed by atoms with Crippen molar-refractivity contribution in [3.8, 4) is 0 Å². The molecule has 96 valence electrons. The van der Waals surface area contributed by atoms with Crippen LogP contribution in [0.2, 0.25) is 0 Å². The zero-order valence-corrected chi connectivity index (χ0v) is 10.9. The van der Waals surface area contributed by atoms with Crippen LogP contribution in [0.3, 0.4) is 0 Å². The van der Waals surface area contributed by atoms with Crippen LogP contribution in [0.15, 0.2) is 12.1 Å². The smallest absolute Gasteiger partial charge is 0.246 e. The molecule has 2 aliphatic rings. The van der Waals surface area contributed by atoms with E-state index in [-0.39, 0.29) is 11.9 Å². The SMILES string of the molecule is Cc1ccc2c(n1)N(C1CCCC1)C(C)C(=O)N2. The number of rotatable bonds is 1. The fraction of sp³-hybridized carbons (Fsp3) is 0.571. The van der Waals surface area contributed by atoms with Crippen molar-refractivity contribution in [2.24, 2.45) is 0 Å². The van der Waals surface area contributed by atoms with Crippen LogP contribution >= 0.6 is 0 Å².